The molecule has 0 aromatic heterocycles. The molecule has 1 N–H and O–H groups in total. The molecule has 1 nitrogen and oxygen atoms in total. The van der Waals surface area contributed by atoms with Crippen LogP contribution >= 0.6 is 13.5 Å². The second kappa shape index (κ2) is 6.26. The summed E-state index contributed by atoms with van der Waals surface area (Å²) in [4.78, 5) is 0. The molecule has 1 aromatic carbocycles. The van der Waals surface area contributed by atoms with E-state index in [2.05, 4.69) is 0 Å². The highest BCUT2D eigenvalue weighted by Gasteiger charge is 1.74. The Labute approximate surface area is 77.7 Å². The average Bonchev–Trinajstić information content (AvgIpc) is 1.69. The molecular weight excluding hydrogens is 144 g/mol. The van der Waals surface area contributed by atoms with Crippen molar-refractivity contribution in [1.82, 2.24) is 0 Å². The highest BCUT2D eigenvalue weighted by Crippen LogP contribution is 2.02. The maximum Gasteiger partial charge on any atom is 0.316 e. The number of benzene rings is 1. The summed E-state index contributed by atoms with van der Waals surface area (Å²) < 4.78 is 0. The predicted octanol–water partition coefficient (Wildman–Crippen LogP) is 0.589. The van der Waals surface area contributed by atoms with Crippen LogP contribution in [0.1, 0.15) is 0 Å². The predicted molar refractivity (Wildman–Crippen MR) is 47.0 cm³/mol. The first-order valence-electron chi connectivity index (χ1n) is 2.13. The number of phenols is 1. The quantitative estimate of drug-likeness (QED) is 0.543. The Kier molecular flexibility index (Phi) is 8.26. The molecule has 0 atom stereocenters. The number of hydrogen-bond acceptors (Lipinski definition) is 1. The van der Waals surface area contributed by atoms with Gasteiger partial charge in [0, 0.05) is 0 Å². The maximum absolute atomic E-state index is 8.63. The van der Waals surface area contributed by atoms with Gasteiger partial charge in [-0.3, -0.25) is 0 Å². The Balaban J connectivity index is 0. The molecule has 0 fully saturated rings. The molecule has 0 spiro atoms. The van der Waals surface area contributed by atoms with E-state index in [-0.39, 0.29) is 36.5 Å². The van der Waals surface area contributed by atoms with E-state index >= 15 is 0 Å². The molecule has 0 heterocycles. The van der Waals surface area contributed by atoms with E-state index in [1.165, 1.54) is 0 Å². The van der Waals surface area contributed by atoms with Gasteiger partial charge in [0.15, 0.2) is 0 Å². The van der Waals surface area contributed by atoms with Crippen molar-refractivity contribution in [3.63, 3.8) is 0 Å². The van der Waals surface area contributed by atoms with Gasteiger partial charge >= 0.3 is 23.1 Å². The molecule has 9 heavy (non-hydrogen) atoms. The fraction of sp³-hybridized carbons (Fsp3) is 0. The lowest BCUT2D eigenvalue weighted by Crippen LogP contribution is -1.56. The van der Waals surface area contributed by atoms with Gasteiger partial charge in [-0.1, -0.05) is 18.2 Å². The Bertz CT molecular complexity index is 143. The summed E-state index contributed by atoms with van der Waals surface area (Å²) in [5, 5.41) is 8.63. The van der Waals surface area contributed by atoms with E-state index in [0.717, 1.165) is 0 Å². The lowest BCUT2D eigenvalue weighted by atomic mass is 10.3. The molecule has 0 saturated carbocycles. The molecule has 0 radical (unpaired) electrons. The summed E-state index contributed by atoms with van der Waals surface area (Å²) in [5.74, 6) is 0.322. The van der Waals surface area contributed by atoms with Gasteiger partial charge in [0.05, 0.1) is 0 Å². The minimum Gasteiger partial charge on any atom is -0.508 e. The van der Waals surface area contributed by atoms with Gasteiger partial charge in [-0.15, -0.1) is 0 Å². The number of hydrogen-bond donors (Lipinski definition) is 1. The van der Waals surface area contributed by atoms with Crippen molar-refractivity contribution >= 4 is 36.5 Å². The van der Waals surface area contributed by atoms with Crippen LogP contribution in [0.4, 0.5) is 0 Å². The minimum absolute atomic E-state index is 0. The first-order valence-corrected chi connectivity index (χ1v) is 2.13. The van der Waals surface area contributed by atoms with E-state index in [1.807, 2.05) is 6.07 Å². The molecule has 0 aliphatic carbocycles. The topological polar surface area (TPSA) is 20.2 Å². The van der Waals surface area contributed by atoms with Crippen LogP contribution < -0.4 is 0 Å². The van der Waals surface area contributed by atoms with Gasteiger partial charge in [-0.25, -0.2) is 0 Å². The Morgan fingerprint density at radius 3 is 1.67 bits per heavy atom. The summed E-state index contributed by atoms with van der Waals surface area (Å²) in [7, 11) is 0. The van der Waals surface area contributed by atoms with Gasteiger partial charge in [-0.2, -0.15) is 13.5 Å². The van der Waals surface area contributed by atoms with Crippen LogP contribution in [0.2, 0.25) is 0 Å². The van der Waals surface area contributed by atoms with Crippen LogP contribution in [0.15, 0.2) is 30.3 Å². The molecular formula is C6H10MgOS. The van der Waals surface area contributed by atoms with E-state index in [1.54, 1.807) is 24.3 Å². The fourth-order valence-corrected chi connectivity index (χ4v) is 0.428. The summed E-state index contributed by atoms with van der Waals surface area (Å²) >= 11 is 0. The molecule has 0 saturated heterocycles. The van der Waals surface area contributed by atoms with Crippen LogP contribution in [-0.4, -0.2) is 28.2 Å². The van der Waals surface area contributed by atoms with Crippen molar-refractivity contribution < 1.29 is 5.11 Å². The van der Waals surface area contributed by atoms with Crippen LogP contribution in [0.25, 0.3) is 0 Å². The molecule has 0 aliphatic rings. The van der Waals surface area contributed by atoms with Crippen molar-refractivity contribution in [3.8, 4) is 5.75 Å². The number of rotatable bonds is 0. The largest absolute Gasteiger partial charge is 0.508 e. The normalized spacial score (nSPS) is 6.67. The Morgan fingerprint density at radius 1 is 1.00 bits per heavy atom. The molecule has 48 valence electrons. The van der Waals surface area contributed by atoms with Crippen molar-refractivity contribution in [2.45, 2.75) is 0 Å². The van der Waals surface area contributed by atoms with Crippen LogP contribution in [0.5, 0.6) is 5.75 Å². The molecule has 0 amide bonds. The highest BCUT2D eigenvalue weighted by atomic mass is 32.1. The van der Waals surface area contributed by atoms with Gasteiger partial charge in [0.1, 0.15) is 5.75 Å². The standard InChI is InChI=1S/C6H6O.Mg.H2S.2H/c7-6-4-2-1-3-5-6;;;;/h1-5,7H;;1H2;;. The van der Waals surface area contributed by atoms with E-state index in [0.29, 0.717) is 5.75 Å². The molecule has 3 heteroatoms. The molecule has 0 unspecified atom stereocenters. The van der Waals surface area contributed by atoms with Crippen molar-refractivity contribution in [2.24, 2.45) is 0 Å². The SMILES string of the molecule is Oc1ccccc1.S.[MgH2]. The lowest BCUT2D eigenvalue weighted by molar-refractivity contribution is 0.475. The number of aromatic hydroxyl groups is 1. The third-order valence-electron chi connectivity index (χ3n) is 0.756. The van der Waals surface area contributed by atoms with Crippen molar-refractivity contribution in [2.75, 3.05) is 0 Å². The second-order valence-corrected chi connectivity index (χ2v) is 1.34. The van der Waals surface area contributed by atoms with Gasteiger partial charge in [-0.05, 0) is 12.1 Å². The van der Waals surface area contributed by atoms with E-state index in [9.17, 15) is 0 Å². The second-order valence-electron chi connectivity index (χ2n) is 1.34. The summed E-state index contributed by atoms with van der Waals surface area (Å²) in [6.07, 6.45) is 0. The fourth-order valence-electron chi connectivity index (χ4n) is 0.428. The smallest absolute Gasteiger partial charge is 0.316 e. The Morgan fingerprint density at radius 2 is 1.44 bits per heavy atom. The first-order chi connectivity index (χ1) is 3.39. The van der Waals surface area contributed by atoms with Crippen LogP contribution in [0.3, 0.4) is 0 Å². The first kappa shape index (κ1) is 11.9. The van der Waals surface area contributed by atoms with E-state index < -0.39 is 0 Å². The summed E-state index contributed by atoms with van der Waals surface area (Å²) in [6.45, 7) is 0. The molecule has 0 bridgehead atoms. The molecule has 0 aliphatic heterocycles. The zero-order chi connectivity index (χ0) is 5.11. The minimum atomic E-state index is 0. The Hall–Kier alpha value is 0.136. The summed E-state index contributed by atoms with van der Waals surface area (Å²) in [5.41, 5.74) is 0. The third-order valence-corrected chi connectivity index (χ3v) is 0.756. The van der Waals surface area contributed by atoms with Gasteiger partial charge in [0.25, 0.3) is 0 Å². The maximum atomic E-state index is 8.63. The lowest BCUT2D eigenvalue weighted by Gasteiger charge is -1.82. The summed E-state index contributed by atoms with van der Waals surface area (Å²) in [6, 6.07) is 8.71. The van der Waals surface area contributed by atoms with Crippen molar-refractivity contribution in [3.05, 3.63) is 30.3 Å². The van der Waals surface area contributed by atoms with E-state index in [4.69, 9.17) is 5.11 Å². The van der Waals surface area contributed by atoms with Gasteiger partial charge < -0.3 is 5.11 Å². The number of para-hydroxylation sites is 1. The third kappa shape index (κ3) is 4.63. The average molecular weight is 155 g/mol. The van der Waals surface area contributed by atoms with Gasteiger partial charge in [0.2, 0.25) is 0 Å². The zero-order valence-corrected chi connectivity index (χ0v) is 5.33. The van der Waals surface area contributed by atoms with Crippen LogP contribution in [-0.2, 0) is 0 Å². The zero-order valence-electron chi connectivity index (χ0n) is 4.33. The number of phenolic OH excluding ortho intramolecular Hbond substituents is 1. The molecule has 1 aromatic rings. The monoisotopic (exact) mass is 154 g/mol. The van der Waals surface area contributed by atoms with Crippen LogP contribution in [0, 0.1) is 0 Å². The highest BCUT2D eigenvalue weighted by molar-refractivity contribution is 7.59. The molecule has 1 rings (SSSR count). The van der Waals surface area contributed by atoms with Crippen molar-refractivity contribution in [1.29, 1.82) is 0 Å².